The number of fused-ring (bicyclic) bond motifs is 1. The van der Waals surface area contributed by atoms with Gasteiger partial charge in [0.1, 0.15) is 0 Å². The molecule has 2 heterocycles. The van der Waals surface area contributed by atoms with E-state index in [0.717, 1.165) is 15.9 Å². The zero-order valence-corrected chi connectivity index (χ0v) is 10.9. The van der Waals surface area contributed by atoms with Crippen LogP contribution in [0.5, 0.6) is 0 Å². The van der Waals surface area contributed by atoms with Crippen LogP contribution in [0.2, 0.25) is 0 Å². The van der Waals surface area contributed by atoms with Crippen molar-refractivity contribution in [2.45, 2.75) is 6.54 Å². The summed E-state index contributed by atoms with van der Waals surface area (Å²) in [6.45, 7) is 0.669. The smallest absolute Gasteiger partial charge is 0.199 e. The molecule has 0 fully saturated rings. The molecule has 0 saturated carbocycles. The minimum Gasteiger partial charge on any atom is -0.364 e. The maximum atomic E-state index is 4.08. The van der Waals surface area contributed by atoms with E-state index >= 15 is 0 Å². The monoisotopic (exact) mass is 304 g/mol. The molecular weight excluding hydrogens is 296 g/mol. The number of nitrogens with one attached hydrogen (secondary N) is 1. The van der Waals surface area contributed by atoms with E-state index in [-0.39, 0.29) is 0 Å². The number of rotatable bonds is 3. The summed E-state index contributed by atoms with van der Waals surface area (Å²) >= 11 is 3.51. The highest BCUT2D eigenvalue weighted by Crippen LogP contribution is 2.17. The number of aromatic nitrogens is 5. The van der Waals surface area contributed by atoms with Crippen LogP contribution in [0.25, 0.3) is 5.65 Å². The lowest BCUT2D eigenvalue weighted by atomic mass is 10.2. The molecular formula is C11H9BrN6. The summed E-state index contributed by atoms with van der Waals surface area (Å²) < 4.78 is 2.68. The number of hydrogen-bond acceptors (Lipinski definition) is 5. The first-order valence-electron chi connectivity index (χ1n) is 5.34. The maximum Gasteiger partial charge on any atom is 0.199 e. The zero-order valence-electron chi connectivity index (χ0n) is 9.29. The van der Waals surface area contributed by atoms with Gasteiger partial charge in [0.15, 0.2) is 11.5 Å². The summed E-state index contributed by atoms with van der Waals surface area (Å²) in [6.07, 6.45) is 3.31. The van der Waals surface area contributed by atoms with Crippen molar-refractivity contribution in [3.05, 3.63) is 46.7 Å². The van der Waals surface area contributed by atoms with Gasteiger partial charge in [-0.15, -0.1) is 5.10 Å². The Bertz CT molecular complexity index is 680. The van der Waals surface area contributed by atoms with E-state index in [1.54, 1.807) is 16.9 Å². The number of nitrogens with zero attached hydrogens (tertiary/aromatic N) is 5. The molecule has 0 unspecified atom stereocenters. The molecule has 0 spiro atoms. The van der Waals surface area contributed by atoms with Crippen LogP contribution in [0.3, 0.4) is 0 Å². The van der Waals surface area contributed by atoms with Gasteiger partial charge in [0.2, 0.25) is 0 Å². The molecule has 1 aromatic carbocycles. The molecule has 6 nitrogen and oxygen atoms in total. The predicted molar refractivity (Wildman–Crippen MR) is 70.0 cm³/mol. The molecule has 0 aliphatic carbocycles. The standard InChI is InChI=1S/C11H9BrN6/c12-9-4-2-1-3-8(9)5-14-10-6-13-7-11-15-16-17-18(10)11/h1-4,6-7,14H,5H2. The van der Waals surface area contributed by atoms with Crippen LogP contribution in [0.15, 0.2) is 41.1 Å². The van der Waals surface area contributed by atoms with Gasteiger partial charge in [-0.1, -0.05) is 34.1 Å². The second kappa shape index (κ2) is 4.69. The summed E-state index contributed by atoms with van der Waals surface area (Å²) in [4.78, 5) is 4.08. The van der Waals surface area contributed by atoms with E-state index in [1.807, 2.05) is 24.3 Å². The second-order valence-corrected chi connectivity index (χ2v) is 4.54. The second-order valence-electron chi connectivity index (χ2n) is 3.69. The Morgan fingerprint density at radius 3 is 3.00 bits per heavy atom. The van der Waals surface area contributed by atoms with E-state index in [9.17, 15) is 0 Å². The van der Waals surface area contributed by atoms with Crippen LogP contribution in [0, 0.1) is 0 Å². The summed E-state index contributed by atoms with van der Waals surface area (Å²) in [6, 6.07) is 8.03. The largest absolute Gasteiger partial charge is 0.364 e. The number of tetrazole rings is 1. The van der Waals surface area contributed by atoms with Crippen molar-refractivity contribution in [1.29, 1.82) is 0 Å². The third kappa shape index (κ3) is 2.04. The van der Waals surface area contributed by atoms with Gasteiger partial charge in [0.25, 0.3) is 0 Å². The van der Waals surface area contributed by atoms with Gasteiger partial charge in [-0.05, 0) is 22.1 Å². The summed E-state index contributed by atoms with van der Waals surface area (Å²) in [5.41, 5.74) is 1.77. The fraction of sp³-hybridized carbons (Fsp3) is 0.0909. The number of benzene rings is 1. The van der Waals surface area contributed by atoms with Crippen molar-refractivity contribution in [2.75, 3.05) is 5.32 Å². The van der Waals surface area contributed by atoms with Gasteiger partial charge in [0.05, 0.1) is 12.4 Å². The Morgan fingerprint density at radius 2 is 2.11 bits per heavy atom. The summed E-state index contributed by atoms with van der Waals surface area (Å²) in [5.74, 6) is 0.758. The Kier molecular flexibility index (Phi) is 2.89. The zero-order chi connectivity index (χ0) is 12.4. The molecule has 90 valence electrons. The van der Waals surface area contributed by atoms with Crippen LogP contribution in [-0.2, 0) is 6.54 Å². The van der Waals surface area contributed by atoms with Crippen LogP contribution in [0.1, 0.15) is 5.56 Å². The quantitative estimate of drug-likeness (QED) is 0.800. The Hall–Kier alpha value is -2.02. The van der Waals surface area contributed by atoms with Crippen molar-refractivity contribution in [1.82, 2.24) is 25.0 Å². The van der Waals surface area contributed by atoms with Crippen molar-refractivity contribution in [3.63, 3.8) is 0 Å². The van der Waals surface area contributed by atoms with Crippen LogP contribution in [0.4, 0.5) is 5.82 Å². The molecule has 3 aromatic rings. The average Bonchev–Trinajstić information content (AvgIpc) is 2.86. The summed E-state index contributed by atoms with van der Waals surface area (Å²) in [5, 5.41) is 14.6. The highest BCUT2D eigenvalue weighted by Gasteiger charge is 2.04. The molecule has 18 heavy (non-hydrogen) atoms. The molecule has 0 bridgehead atoms. The molecule has 2 aromatic heterocycles. The summed E-state index contributed by atoms with van der Waals surface area (Å²) in [7, 11) is 0. The fourth-order valence-electron chi connectivity index (χ4n) is 1.62. The number of halogens is 1. The topological polar surface area (TPSA) is 68.0 Å². The first kappa shape index (κ1) is 11.1. The number of hydrogen-bond donors (Lipinski definition) is 1. The molecule has 7 heteroatoms. The van der Waals surface area contributed by atoms with Crippen molar-refractivity contribution < 1.29 is 0 Å². The van der Waals surface area contributed by atoms with Gasteiger partial charge in [-0.3, -0.25) is 4.98 Å². The van der Waals surface area contributed by atoms with Gasteiger partial charge in [-0.25, -0.2) is 0 Å². The maximum absolute atomic E-state index is 4.08. The minimum atomic E-state index is 0.618. The van der Waals surface area contributed by atoms with E-state index in [0.29, 0.717) is 12.2 Å². The molecule has 0 radical (unpaired) electrons. The lowest BCUT2D eigenvalue weighted by molar-refractivity contribution is 0.819. The lowest BCUT2D eigenvalue weighted by Crippen LogP contribution is -2.06. The SMILES string of the molecule is Brc1ccccc1CNc1cncc2nnnn12. The highest BCUT2D eigenvalue weighted by atomic mass is 79.9. The molecule has 1 N–H and O–H groups in total. The Morgan fingerprint density at radius 1 is 1.22 bits per heavy atom. The van der Waals surface area contributed by atoms with E-state index < -0.39 is 0 Å². The highest BCUT2D eigenvalue weighted by molar-refractivity contribution is 9.10. The lowest BCUT2D eigenvalue weighted by Gasteiger charge is -2.08. The first-order valence-corrected chi connectivity index (χ1v) is 6.13. The van der Waals surface area contributed by atoms with Gasteiger partial charge >= 0.3 is 0 Å². The van der Waals surface area contributed by atoms with E-state index in [2.05, 4.69) is 41.8 Å². The average molecular weight is 305 g/mol. The van der Waals surface area contributed by atoms with Crippen molar-refractivity contribution >= 4 is 27.4 Å². The Balaban J connectivity index is 1.85. The van der Waals surface area contributed by atoms with Crippen molar-refractivity contribution in [2.24, 2.45) is 0 Å². The molecule has 0 aliphatic heterocycles. The fourth-order valence-corrected chi connectivity index (χ4v) is 2.05. The van der Waals surface area contributed by atoms with E-state index in [1.165, 1.54) is 0 Å². The predicted octanol–water partition coefficient (Wildman–Crippen LogP) is 1.89. The van der Waals surface area contributed by atoms with Crippen LogP contribution >= 0.6 is 15.9 Å². The third-order valence-electron chi connectivity index (χ3n) is 2.53. The minimum absolute atomic E-state index is 0.618. The van der Waals surface area contributed by atoms with E-state index in [4.69, 9.17) is 0 Å². The van der Waals surface area contributed by atoms with Crippen LogP contribution < -0.4 is 5.32 Å². The molecule has 0 aliphatic rings. The number of anilines is 1. The van der Waals surface area contributed by atoms with Gasteiger partial charge < -0.3 is 5.32 Å². The first-order chi connectivity index (χ1) is 8.84. The third-order valence-corrected chi connectivity index (χ3v) is 3.30. The van der Waals surface area contributed by atoms with Gasteiger partial charge in [-0.2, -0.15) is 4.52 Å². The Labute approximate surface area is 111 Å². The molecule has 0 atom stereocenters. The van der Waals surface area contributed by atoms with Crippen molar-refractivity contribution in [3.8, 4) is 0 Å². The molecule has 0 amide bonds. The molecule has 3 rings (SSSR count). The van der Waals surface area contributed by atoms with Crippen LogP contribution in [-0.4, -0.2) is 25.0 Å². The normalized spacial score (nSPS) is 10.7. The molecule has 0 saturated heterocycles. The van der Waals surface area contributed by atoms with Gasteiger partial charge in [0, 0.05) is 11.0 Å².